The standard InChI is InChI=1S/C20H17ClN8O2/c1-26-16(30)9-29(20(26)31)15-4-12(11-2-3-11)5-27-6-13(24-19(15)27)7-28-8-14-17(21)22-10-23-18(14)25-28/h4-6,8,10-11H,2-3,7,9H2,1H3. The Labute approximate surface area is 181 Å². The lowest BCUT2D eigenvalue weighted by atomic mass is 10.1. The molecule has 1 saturated heterocycles. The molecule has 6 rings (SSSR count). The number of nitrogens with zero attached hydrogens (tertiary/aromatic N) is 8. The van der Waals surface area contributed by atoms with Gasteiger partial charge in [-0.05, 0) is 30.4 Å². The molecule has 4 aromatic heterocycles. The number of rotatable bonds is 4. The third-order valence-electron chi connectivity index (χ3n) is 5.77. The lowest BCUT2D eigenvalue weighted by Gasteiger charge is -2.17. The summed E-state index contributed by atoms with van der Waals surface area (Å²) in [5.74, 6) is 0.255. The second kappa shape index (κ2) is 6.48. The van der Waals surface area contributed by atoms with Gasteiger partial charge in [0.15, 0.2) is 11.3 Å². The number of pyridine rings is 1. The molecule has 11 heteroatoms. The fourth-order valence-electron chi connectivity index (χ4n) is 3.96. The number of fused-ring (bicyclic) bond motifs is 2. The second-order valence-corrected chi connectivity index (χ2v) is 8.30. The van der Waals surface area contributed by atoms with Crippen molar-refractivity contribution in [1.29, 1.82) is 0 Å². The Morgan fingerprint density at radius 2 is 2.00 bits per heavy atom. The minimum Gasteiger partial charge on any atom is -0.305 e. The van der Waals surface area contributed by atoms with Crippen molar-refractivity contribution in [2.75, 3.05) is 18.5 Å². The number of urea groups is 1. The number of imide groups is 1. The van der Waals surface area contributed by atoms with E-state index in [1.165, 1.54) is 18.3 Å². The maximum absolute atomic E-state index is 12.6. The van der Waals surface area contributed by atoms with E-state index in [0.717, 1.165) is 29.0 Å². The molecule has 1 saturated carbocycles. The van der Waals surface area contributed by atoms with Gasteiger partial charge in [0.25, 0.3) is 0 Å². The first kappa shape index (κ1) is 18.3. The second-order valence-electron chi connectivity index (χ2n) is 7.95. The topological polar surface area (TPSA) is 102 Å². The SMILES string of the molecule is CN1C(=O)CN(c2cc(C3CC3)cn3cc(Cn4cc5c(Cl)ncnc5n4)nc23)C1=O. The van der Waals surface area contributed by atoms with Gasteiger partial charge in [-0.1, -0.05) is 11.6 Å². The van der Waals surface area contributed by atoms with E-state index in [1.54, 1.807) is 10.9 Å². The van der Waals surface area contributed by atoms with Crippen molar-refractivity contribution >= 4 is 45.9 Å². The van der Waals surface area contributed by atoms with Crippen LogP contribution in [0.15, 0.2) is 31.0 Å². The Morgan fingerprint density at radius 1 is 1.16 bits per heavy atom. The maximum Gasteiger partial charge on any atom is 0.331 e. The normalized spacial score (nSPS) is 17.0. The van der Waals surface area contributed by atoms with Gasteiger partial charge in [0.2, 0.25) is 5.91 Å². The summed E-state index contributed by atoms with van der Waals surface area (Å²) >= 11 is 6.13. The van der Waals surface area contributed by atoms with Crippen LogP contribution in [0.2, 0.25) is 5.15 Å². The predicted molar refractivity (Wildman–Crippen MR) is 112 cm³/mol. The minimum absolute atomic E-state index is 0.0169. The first-order valence-electron chi connectivity index (χ1n) is 9.91. The van der Waals surface area contributed by atoms with Crippen LogP contribution in [-0.4, -0.2) is 59.6 Å². The molecule has 4 aromatic rings. The maximum atomic E-state index is 12.6. The van der Waals surface area contributed by atoms with Crippen LogP contribution in [0.3, 0.4) is 0 Å². The first-order valence-corrected chi connectivity index (χ1v) is 10.3. The zero-order valence-electron chi connectivity index (χ0n) is 16.6. The number of carbonyl (C=O) groups excluding carboxylic acids is 2. The molecule has 0 aromatic carbocycles. The summed E-state index contributed by atoms with van der Waals surface area (Å²) < 4.78 is 3.65. The number of amides is 3. The van der Waals surface area contributed by atoms with E-state index in [-0.39, 0.29) is 18.5 Å². The first-order chi connectivity index (χ1) is 15.0. The summed E-state index contributed by atoms with van der Waals surface area (Å²) in [5, 5.41) is 5.47. The Morgan fingerprint density at radius 3 is 2.71 bits per heavy atom. The van der Waals surface area contributed by atoms with E-state index in [4.69, 9.17) is 16.6 Å². The van der Waals surface area contributed by atoms with Crippen LogP contribution in [-0.2, 0) is 11.3 Å². The fourth-order valence-corrected chi connectivity index (χ4v) is 4.13. The van der Waals surface area contributed by atoms with Gasteiger partial charge in [-0.25, -0.2) is 19.7 Å². The van der Waals surface area contributed by atoms with E-state index in [9.17, 15) is 9.59 Å². The van der Waals surface area contributed by atoms with Crippen LogP contribution in [0.25, 0.3) is 16.7 Å². The van der Waals surface area contributed by atoms with Gasteiger partial charge in [-0.15, -0.1) is 0 Å². The van der Waals surface area contributed by atoms with Gasteiger partial charge < -0.3 is 4.40 Å². The molecular weight excluding hydrogens is 420 g/mol. The van der Waals surface area contributed by atoms with Crippen LogP contribution >= 0.6 is 11.6 Å². The third kappa shape index (κ3) is 2.94. The van der Waals surface area contributed by atoms with Gasteiger partial charge >= 0.3 is 6.03 Å². The molecule has 0 radical (unpaired) electrons. The largest absolute Gasteiger partial charge is 0.331 e. The Hall–Kier alpha value is -3.53. The smallest absolute Gasteiger partial charge is 0.305 e. The average molecular weight is 437 g/mol. The van der Waals surface area contributed by atoms with Crippen LogP contribution in [0, 0.1) is 0 Å². The van der Waals surface area contributed by atoms with Gasteiger partial charge in [-0.2, -0.15) is 5.10 Å². The molecular formula is C20H17ClN8O2. The highest BCUT2D eigenvalue weighted by Crippen LogP contribution is 2.42. The summed E-state index contributed by atoms with van der Waals surface area (Å²) in [6.45, 7) is 0.419. The molecule has 0 unspecified atom stereocenters. The number of imidazole rings is 1. The molecule has 10 nitrogen and oxygen atoms in total. The molecule has 31 heavy (non-hydrogen) atoms. The summed E-state index contributed by atoms with van der Waals surface area (Å²) in [5.41, 5.74) is 3.71. The molecule has 3 amide bonds. The number of carbonyl (C=O) groups is 2. The molecule has 2 fully saturated rings. The summed E-state index contributed by atoms with van der Waals surface area (Å²) in [6, 6.07) is 1.65. The summed E-state index contributed by atoms with van der Waals surface area (Å²) in [6.07, 6.45) is 9.40. The third-order valence-corrected chi connectivity index (χ3v) is 6.07. The zero-order valence-corrected chi connectivity index (χ0v) is 17.3. The average Bonchev–Trinajstić information content (AvgIpc) is 3.32. The van der Waals surface area contributed by atoms with Crippen molar-refractivity contribution in [2.24, 2.45) is 0 Å². The lowest BCUT2D eigenvalue weighted by molar-refractivity contribution is -0.123. The number of hydrogen-bond acceptors (Lipinski definition) is 6. The Kier molecular flexibility index (Phi) is 3.82. The van der Waals surface area contributed by atoms with E-state index in [0.29, 0.717) is 40.0 Å². The van der Waals surface area contributed by atoms with Crippen molar-refractivity contribution < 1.29 is 9.59 Å². The van der Waals surface area contributed by atoms with Crippen molar-refractivity contribution in [1.82, 2.24) is 34.0 Å². The lowest BCUT2D eigenvalue weighted by Crippen LogP contribution is -2.30. The molecule has 0 atom stereocenters. The number of anilines is 1. The van der Waals surface area contributed by atoms with Gasteiger partial charge in [0.05, 0.1) is 23.3 Å². The number of hydrogen-bond donors (Lipinski definition) is 0. The highest BCUT2D eigenvalue weighted by Gasteiger charge is 2.36. The molecule has 0 N–H and O–H groups in total. The quantitative estimate of drug-likeness (QED) is 0.359. The summed E-state index contributed by atoms with van der Waals surface area (Å²) in [7, 11) is 1.50. The molecule has 0 bridgehead atoms. The van der Waals surface area contributed by atoms with Crippen LogP contribution in [0.1, 0.15) is 30.0 Å². The molecule has 2 aliphatic rings. The molecule has 1 aliphatic heterocycles. The number of halogens is 1. The van der Waals surface area contributed by atoms with Gasteiger partial charge in [0, 0.05) is 25.6 Å². The van der Waals surface area contributed by atoms with E-state index < -0.39 is 0 Å². The van der Waals surface area contributed by atoms with Crippen molar-refractivity contribution in [3.05, 3.63) is 47.4 Å². The molecule has 5 heterocycles. The fraction of sp³-hybridized carbons (Fsp3) is 0.300. The predicted octanol–water partition coefficient (Wildman–Crippen LogP) is 2.45. The minimum atomic E-state index is -0.337. The molecule has 156 valence electrons. The van der Waals surface area contributed by atoms with Crippen molar-refractivity contribution in [2.45, 2.75) is 25.3 Å². The van der Waals surface area contributed by atoms with E-state index >= 15 is 0 Å². The van der Waals surface area contributed by atoms with Crippen LogP contribution in [0.5, 0.6) is 0 Å². The van der Waals surface area contributed by atoms with E-state index in [2.05, 4.69) is 21.3 Å². The Bertz CT molecular complexity index is 1390. The monoisotopic (exact) mass is 436 g/mol. The van der Waals surface area contributed by atoms with Crippen LogP contribution in [0.4, 0.5) is 10.5 Å². The van der Waals surface area contributed by atoms with E-state index in [1.807, 2.05) is 16.7 Å². The van der Waals surface area contributed by atoms with Crippen molar-refractivity contribution in [3.63, 3.8) is 0 Å². The van der Waals surface area contributed by atoms with Crippen LogP contribution < -0.4 is 4.90 Å². The van der Waals surface area contributed by atoms with Gasteiger partial charge in [-0.3, -0.25) is 19.3 Å². The number of likely N-dealkylation sites (N-methyl/N-ethyl adjacent to an activating group) is 1. The van der Waals surface area contributed by atoms with Gasteiger partial charge in [0.1, 0.15) is 18.0 Å². The zero-order chi connectivity index (χ0) is 21.3. The van der Waals surface area contributed by atoms with Crippen molar-refractivity contribution in [3.8, 4) is 0 Å². The highest BCUT2D eigenvalue weighted by atomic mass is 35.5. The Balaban J connectivity index is 1.43. The number of aromatic nitrogens is 6. The highest BCUT2D eigenvalue weighted by molar-refractivity contribution is 6.33. The molecule has 0 spiro atoms. The molecule has 1 aliphatic carbocycles. The summed E-state index contributed by atoms with van der Waals surface area (Å²) in [4.78, 5) is 40.3.